The Kier molecular flexibility index (Phi) is 3.52. The van der Waals surface area contributed by atoms with Crippen LogP contribution in [0.2, 0.25) is 0 Å². The van der Waals surface area contributed by atoms with Gasteiger partial charge in [-0.15, -0.1) is 0 Å². The van der Waals surface area contributed by atoms with Crippen molar-refractivity contribution >= 4 is 38.2 Å². The highest BCUT2D eigenvalue weighted by Gasteiger charge is 2.00. The van der Waals surface area contributed by atoms with Gasteiger partial charge in [0.05, 0.1) is 5.69 Å². The fraction of sp³-hybridized carbons (Fsp3) is 0. The number of halogens is 1. The molecule has 0 unspecified atom stereocenters. The Labute approximate surface area is 126 Å². The van der Waals surface area contributed by atoms with Crippen molar-refractivity contribution < 1.29 is 0 Å². The lowest BCUT2D eigenvalue weighted by Crippen LogP contribution is -2.12. The molecule has 0 radical (unpaired) electrons. The lowest BCUT2D eigenvalue weighted by atomic mass is 10.1. The Morgan fingerprint density at radius 1 is 0.850 bits per heavy atom. The van der Waals surface area contributed by atoms with E-state index in [-0.39, 0.29) is 0 Å². The van der Waals surface area contributed by atoms with E-state index in [4.69, 9.17) is 5.73 Å². The molecule has 0 amide bonds. The molecule has 0 aliphatic rings. The minimum atomic E-state index is 0.530. The predicted molar refractivity (Wildman–Crippen MR) is 88.5 cm³/mol. The van der Waals surface area contributed by atoms with E-state index in [1.54, 1.807) is 0 Å². The van der Waals surface area contributed by atoms with Crippen molar-refractivity contribution in [2.75, 3.05) is 0 Å². The third kappa shape index (κ3) is 2.73. The minimum Gasteiger partial charge on any atom is -0.383 e. The third-order valence-corrected chi connectivity index (χ3v) is 3.60. The smallest absolute Gasteiger partial charge is 0.131 e. The zero-order chi connectivity index (χ0) is 13.9. The van der Waals surface area contributed by atoms with Crippen LogP contribution in [0, 0.1) is 0 Å². The third-order valence-electron chi connectivity index (χ3n) is 3.10. The Morgan fingerprint density at radius 2 is 1.55 bits per heavy atom. The number of hydrogen-bond acceptors (Lipinski definition) is 1. The molecule has 2 N–H and O–H groups in total. The Balaban J connectivity index is 2.01. The Hall–Kier alpha value is -2.13. The van der Waals surface area contributed by atoms with Crippen LogP contribution in [0.1, 0.15) is 5.56 Å². The minimum absolute atomic E-state index is 0.530. The number of fused-ring (bicyclic) bond motifs is 1. The van der Waals surface area contributed by atoms with Crippen LogP contribution in [0.25, 0.3) is 10.8 Å². The van der Waals surface area contributed by atoms with Gasteiger partial charge >= 0.3 is 0 Å². The molecule has 0 fully saturated rings. The van der Waals surface area contributed by atoms with Gasteiger partial charge in [-0.2, -0.15) is 0 Å². The fourth-order valence-corrected chi connectivity index (χ4v) is 2.46. The highest BCUT2D eigenvalue weighted by Crippen LogP contribution is 2.24. The van der Waals surface area contributed by atoms with Crippen LogP contribution in [0.5, 0.6) is 0 Å². The summed E-state index contributed by atoms with van der Waals surface area (Å²) in [5.74, 6) is 0.530. The van der Waals surface area contributed by atoms with Crippen molar-refractivity contribution in [1.82, 2.24) is 0 Å². The van der Waals surface area contributed by atoms with Crippen LogP contribution < -0.4 is 5.73 Å². The molecule has 0 aliphatic heterocycles. The number of hydrogen-bond donors (Lipinski definition) is 1. The van der Waals surface area contributed by atoms with Crippen molar-refractivity contribution in [1.29, 1.82) is 0 Å². The first-order valence-electron chi connectivity index (χ1n) is 6.31. The molecule has 0 spiro atoms. The first kappa shape index (κ1) is 12.9. The van der Waals surface area contributed by atoms with Gasteiger partial charge in [-0.25, -0.2) is 4.99 Å². The molecular formula is C17H13BrN2. The molecule has 0 heterocycles. The van der Waals surface area contributed by atoms with Crippen LogP contribution in [-0.4, -0.2) is 5.84 Å². The van der Waals surface area contributed by atoms with E-state index >= 15 is 0 Å². The van der Waals surface area contributed by atoms with Crippen LogP contribution in [0.3, 0.4) is 0 Å². The van der Waals surface area contributed by atoms with Gasteiger partial charge in [0.25, 0.3) is 0 Å². The first-order valence-corrected chi connectivity index (χ1v) is 7.10. The lowest BCUT2D eigenvalue weighted by molar-refractivity contribution is 1.46. The van der Waals surface area contributed by atoms with E-state index in [1.165, 1.54) is 5.39 Å². The molecular weight excluding hydrogens is 312 g/mol. The summed E-state index contributed by atoms with van der Waals surface area (Å²) >= 11 is 3.47. The topological polar surface area (TPSA) is 38.4 Å². The monoisotopic (exact) mass is 324 g/mol. The van der Waals surface area contributed by atoms with Crippen molar-refractivity contribution in [3.8, 4) is 0 Å². The molecule has 0 bridgehead atoms. The Bertz CT molecular complexity index is 779. The van der Waals surface area contributed by atoms with Gasteiger partial charge in [0.1, 0.15) is 5.84 Å². The first-order chi connectivity index (χ1) is 9.72. The van der Waals surface area contributed by atoms with E-state index < -0.39 is 0 Å². The number of amidine groups is 1. The fourth-order valence-electron chi connectivity index (χ4n) is 2.09. The van der Waals surface area contributed by atoms with Crippen LogP contribution in [-0.2, 0) is 0 Å². The van der Waals surface area contributed by atoms with Crippen LogP contribution in [0.15, 0.2) is 76.2 Å². The maximum Gasteiger partial charge on any atom is 0.131 e. The van der Waals surface area contributed by atoms with Crippen molar-refractivity contribution in [3.05, 3.63) is 76.8 Å². The second-order valence-electron chi connectivity index (χ2n) is 4.54. The van der Waals surface area contributed by atoms with Crippen molar-refractivity contribution in [2.24, 2.45) is 10.7 Å². The van der Waals surface area contributed by atoms with E-state index in [2.05, 4.69) is 39.1 Å². The molecule has 2 nitrogen and oxygen atoms in total. The standard InChI is InChI=1S/C17H13BrN2/c18-15-8-6-14-11-16(9-7-13(14)10-15)20-17(19)12-4-2-1-3-5-12/h1-11H,(H2,19,20). The van der Waals surface area contributed by atoms with Crippen molar-refractivity contribution in [3.63, 3.8) is 0 Å². The number of rotatable bonds is 2. The molecule has 3 heteroatoms. The average Bonchev–Trinajstić information content (AvgIpc) is 2.48. The predicted octanol–water partition coefficient (Wildman–Crippen LogP) is 4.64. The normalized spacial score (nSPS) is 11.8. The average molecular weight is 325 g/mol. The van der Waals surface area contributed by atoms with Gasteiger partial charge in [-0.1, -0.05) is 58.4 Å². The molecule has 0 aromatic heterocycles. The van der Waals surface area contributed by atoms with E-state index in [9.17, 15) is 0 Å². The molecule has 0 saturated heterocycles. The molecule has 0 atom stereocenters. The summed E-state index contributed by atoms with van der Waals surface area (Å²) in [5.41, 5.74) is 7.83. The molecule has 3 aromatic carbocycles. The zero-order valence-electron chi connectivity index (χ0n) is 10.8. The molecule has 0 aliphatic carbocycles. The summed E-state index contributed by atoms with van der Waals surface area (Å²) in [5, 5.41) is 2.33. The molecule has 0 saturated carbocycles. The largest absolute Gasteiger partial charge is 0.383 e. The van der Waals surface area contributed by atoms with Crippen molar-refractivity contribution in [2.45, 2.75) is 0 Å². The lowest BCUT2D eigenvalue weighted by Gasteiger charge is -2.03. The Morgan fingerprint density at radius 3 is 2.35 bits per heavy atom. The maximum atomic E-state index is 6.04. The number of nitrogens with two attached hydrogens (primary N) is 1. The number of aliphatic imine (C=N–C) groups is 1. The summed E-state index contributed by atoms with van der Waals surface area (Å²) in [6.07, 6.45) is 0. The van der Waals surface area contributed by atoms with E-state index in [1.807, 2.05) is 48.5 Å². The molecule has 3 aromatic rings. The summed E-state index contributed by atoms with van der Waals surface area (Å²) in [7, 11) is 0. The van der Waals surface area contributed by atoms with E-state index in [0.717, 1.165) is 21.1 Å². The quantitative estimate of drug-likeness (QED) is 0.541. The molecule has 98 valence electrons. The van der Waals surface area contributed by atoms with E-state index in [0.29, 0.717) is 5.84 Å². The summed E-state index contributed by atoms with van der Waals surface area (Å²) in [6, 6.07) is 22.0. The van der Waals surface area contributed by atoms with Gasteiger partial charge in [-0.05, 0) is 35.0 Å². The van der Waals surface area contributed by atoms with Gasteiger partial charge in [0, 0.05) is 10.0 Å². The highest BCUT2D eigenvalue weighted by atomic mass is 79.9. The number of nitrogens with zero attached hydrogens (tertiary/aromatic N) is 1. The van der Waals surface area contributed by atoms with Crippen LogP contribution in [0.4, 0.5) is 5.69 Å². The molecule has 20 heavy (non-hydrogen) atoms. The summed E-state index contributed by atoms with van der Waals surface area (Å²) in [4.78, 5) is 4.48. The summed E-state index contributed by atoms with van der Waals surface area (Å²) < 4.78 is 1.07. The zero-order valence-corrected chi connectivity index (χ0v) is 12.3. The second kappa shape index (κ2) is 5.47. The molecule has 3 rings (SSSR count). The second-order valence-corrected chi connectivity index (χ2v) is 5.45. The highest BCUT2D eigenvalue weighted by molar-refractivity contribution is 9.10. The van der Waals surface area contributed by atoms with Gasteiger partial charge in [0.2, 0.25) is 0 Å². The van der Waals surface area contributed by atoms with Gasteiger partial charge in [0.15, 0.2) is 0 Å². The maximum absolute atomic E-state index is 6.04. The van der Waals surface area contributed by atoms with Crippen LogP contribution >= 0.6 is 15.9 Å². The number of benzene rings is 3. The van der Waals surface area contributed by atoms with Gasteiger partial charge in [-0.3, -0.25) is 0 Å². The SMILES string of the molecule is NC(=Nc1ccc2cc(Br)ccc2c1)c1ccccc1. The van der Waals surface area contributed by atoms with Gasteiger partial charge < -0.3 is 5.73 Å². The summed E-state index contributed by atoms with van der Waals surface area (Å²) in [6.45, 7) is 0.